The van der Waals surface area contributed by atoms with E-state index in [9.17, 15) is 14.9 Å². The SMILES string of the molecule is COc1ccc([C@@H]2CN(C)[C@]3(C(=O)Nc4ccccc43)[C@H]2[N+](=O)[O-])cc1Br. The number of nitrogens with one attached hydrogen (secondary N) is 1. The predicted octanol–water partition coefficient (Wildman–Crippen LogP) is 2.98. The number of anilines is 1. The quantitative estimate of drug-likeness (QED) is 0.596. The van der Waals surface area contributed by atoms with Gasteiger partial charge in [-0.05, 0) is 46.7 Å². The number of benzene rings is 2. The number of methoxy groups -OCH3 is 1. The van der Waals surface area contributed by atoms with Crippen LogP contribution in [-0.2, 0) is 10.3 Å². The zero-order chi connectivity index (χ0) is 19.3. The van der Waals surface area contributed by atoms with Crippen LogP contribution < -0.4 is 10.1 Å². The Morgan fingerprint density at radius 2 is 2.07 bits per heavy atom. The Balaban J connectivity index is 1.87. The van der Waals surface area contributed by atoms with Gasteiger partial charge in [0.15, 0.2) is 5.54 Å². The van der Waals surface area contributed by atoms with Crippen molar-refractivity contribution in [2.75, 3.05) is 26.0 Å². The van der Waals surface area contributed by atoms with Crippen LogP contribution in [0.1, 0.15) is 17.0 Å². The summed E-state index contributed by atoms with van der Waals surface area (Å²) in [5.41, 5.74) is 0.772. The molecule has 2 aromatic rings. The van der Waals surface area contributed by atoms with Crippen molar-refractivity contribution in [2.24, 2.45) is 0 Å². The van der Waals surface area contributed by atoms with Crippen molar-refractivity contribution in [1.29, 1.82) is 0 Å². The van der Waals surface area contributed by atoms with Crippen molar-refractivity contribution < 1.29 is 14.5 Å². The van der Waals surface area contributed by atoms with E-state index in [-0.39, 0.29) is 10.8 Å². The molecule has 140 valence electrons. The van der Waals surface area contributed by atoms with Gasteiger partial charge in [0.2, 0.25) is 0 Å². The summed E-state index contributed by atoms with van der Waals surface area (Å²) in [5.74, 6) is -0.131. The van der Waals surface area contributed by atoms with E-state index < -0.39 is 17.5 Å². The van der Waals surface area contributed by atoms with Gasteiger partial charge in [0.1, 0.15) is 5.75 Å². The van der Waals surface area contributed by atoms with E-state index in [2.05, 4.69) is 21.2 Å². The van der Waals surface area contributed by atoms with Crippen LogP contribution in [0, 0.1) is 10.1 Å². The highest BCUT2D eigenvalue weighted by atomic mass is 79.9. The number of halogens is 1. The van der Waals surface area contributed by atoms with E-state index in [0.717, 1.165) is 10.0 Å². The fourth-order valence-electron chi connectivity index (χ4n) is 4.49. The molecule has 0 aliphatic carbocycles. The molecule has 8 heteroatoms. The van der Waals surface area contributed by atoms with Crippen molar-refractivity contribution in [1.82, 2.24) is 4.90 Å². The minimum Gasteiger partial charge on any atom is -0.496 e. The van der Waals surface area contributed by atoms with Crippen molar-refractivity contribution in [3.8, 4) is 5.75 Å². The number of hydrogen-bond donors (Lipinski definition) is 1. The Kier molecular flexibility index (Phi) is 4.20. The number of carbonyl (C=O) groups is 1. The Labute approximate surface area is 164 Å². The Hall–Kier alpha value is -2.45. The fraction of sp³-hybridized carbons (Fsp3) is 0.316. The summed E-state index contributed by atoms with van der Waals surface area (Å²) < 4.78 is 5.99. The lowest BCUT2D eigenvalue weighted by Gasteiger charge is -2.30. The molecule has 0 unspecified atom stereocenters. The van der Waals surface area contributed by atoms with E-state index in [1.54, 1.807) is 32.4 Å². The van der Waals surface area contributed by atoms with Gasteiger partial charge in [-0.15, -0.1) is 0 Å². The van der Waals surface area contributed by atoms with E-state index in [4.69, 9.17) is 4.74 Å². The monoisotopic (exact) mass is 431 g/mol. The lowest BCUT2D eigenvalue weighted by molar-refractivity contribution is -0.534. The smallest absolute Gasteiger partial charge is 0.256 e. The number of nitrogens with zero attached hydrogens (tertiary/aromatic N) is 2. The molecule has 7 nitrogen and oxygen atoms in total. The standard InChI is InChI=1S/C19H18BrN3O4/c1-22-10-12(11-7-8-16(27-2)14(20)9-11)17(23(25)26)19(22)13-5-3-4-6-15(13)21-18(19)24/h3-9,12,17H,10H2,1-2H3,(H,21,24)/t12-,17-,19-/m0/s1. The number of rotatable bonds is 3. The number of amides is 1. The topological polar surface area (TPSA) is 84.7 Å². The Morgan fingerprint density at radius 1 is 1.33 bits per heavy atom. The number of nitro groups is 1. The summed E-state index contributed by atoms with van der Waals surface area (Å²) in [7, 11) is 3.34. The molecule has 1 spiro atoms. The minimum absolute atomic E-state index is 0.312. The highest BCUT2D eigenvalue weighted by molar-refractivity contribution is 9.10. The van der Waals surface area contributed by atoms with Crippen LogP contribution in [-0.4, -0.2) is 42.5 Å². The third-order valence-corrected chi connectivity index (χ3v) is 6.26. The molecule has 0 saturated carbocycles. The first-order valence-electron chi connectivity index (χ1n) is 8.50. The van der Waals surface area contributed by atoms with Gasteiger partial charge in [0.05, 0.1) is 17.5 Å². The zero-order valence-electron chi connectivity index (χ0n) is 14.8. The first-order valence-corrected chi connectivity index (χ1v) is 9.29. The van der Waals surface area contributed by atoms with Gasteiger partial charge in [-0.1, -0.05) is 24.3 Å². The molecular weight excluding hydrogens is 414 g/mol. The van der Waals surface area contributed by atoms with Gasteiger partial charge in [-0.3, -0.25) is 19.8 Å². The zero-order valence-corrected chi connectivity index (χ0v) is 16.4. The molecule has 2 heterocycles. The van der Waals surface area contributed by atoms with Gasteiger partial charge in [0, 0.05) is 22.7 Å². The molecule has 2 aliphatic heterocycles. The number of likely N-dealkylation sites (N-methyl/N-ethyl adjacent to an activating group) is 1. The van der Waals surface area contributed by atoms with Crippen molar-refractivity contribution in [2.45, 2.75) is 17.5 Å². The second kappa shape index (κ2) is 6.31. The third kappa shape index (κ3) is 2.40. The van der Waals surface area contributed by atoms with E-state index in [1.807, 2.05) is 29.2 Å². The Bertz CT molecular complexity index is 950. The van der Waals surface area contributed by atoms with Gasteiger partial charge >= 0.3 is 0 Å². The van der Waals surface area contributed by atoms with Crippen LogP contribution in [0.25, 0.3) is 0 Å². The molecule has 0 radical (unpaired) electrons. The summed E-state index contributed by atoms with van der Waals surface area (Å²) in [4.78, 5) is 26.8. The molecule has 1 fully saturated rings. The normalized spacial score (nSPS) is 26.9. The van der Waals surface area contributed by atoms with Crippen LogP contribution in [0.4, 0.5) is 5.69 Å². The highest BCUT2D eigenvalue weighted by Gasteiger charge is 2.68. The average molecular weight is 432 g/mol. The molecule has 4 rings (SSSR count). The molecule has 27 heavy (non-hydrogen) atoms. The van der Waals surface area contributed by atoms with Crippen molar-refractivity contribution >= 4 is 27.5 Å². The summed E-state index contributed by atoms with van der Waals surface area (Å²) in [6.07, 6.45) is 0. The number of likely N-dealkylation sites (tertiary alicyclic amines) is 1. The van der Waals surface area contributed by atoms with E-state index in [0.29, 0.717) is 23.5 Å². The molecule has 1 amide bonds. The molecule has 1 N–H and O–H groups in total. The first-order chi connectivity index (χ1) is 12.9. The van der Waals surface area contributed by atoms with Crippen molar-refractivity contribution in [3.05, 3.63) is 68.2 Å². The maximum Gasteiger partial charge on any atom is 0.256 e. The molecular formula is C19H18BrN3O4. The fourth-order valence-corrected chi connectivity index (χ4v) is 5.05. The average Bonchev–Trinajstić information content (AvgIpc) is 3.11. The van der Waals surface area contributed by atoms with Crippen LogP contribution in [0.5, 0.6) is 5.75 Å². The summed E-state index contributed by atoms with van der Waals surface area (Å²) >= 11 is 3.45. The second-order valence-corrected chi connectivity index (χ2v) is 7.73. The summed E-state index contributed by atoms with van der Waals surface area (Å²) in [6, 6.07) is 11.5. The molecule has 1 saturated heterocycles. The molecule has 2 aliphatic rings. The lowest BCUT2D eigenvalue weighted by Crippen LogP contribution is -2.54. The van der Waals surface area contributed by atoms with Gasteiger partial charge in [-0.25, -0.2) is 0 Å². The largest absolute Gasteiger partial charge is 0.496 e. The van der Waals surface area contributed by atoms with E-state index in [1.165, 1.54) is 0 Å². The number of hydrogen-bond acceptors (Lipinski definition) is 5. The maximum absolute atomic E-state index is 13.0. The number of fused-ring (bicyclic) bond motifs is 2. The Morgan fingerprint density at radius 3 is 2.74 bits per heavy atom. The first kappa shape index (κ1) is 17.9. The number of carbonyl (C=O) groups excluding carboxylic acids is 1. The molecule has 2 aromatic carbocycles. The van der Waals surface area contributed by atoms with Gasteiger partial charge < -0.3 is 10.1 Å². The molecule has 3 atom stereocenters. The van der Waals surface area contributed by atoms with Crippen LogP contribution in [0.2, 0.25) is 0 Å². The van der Waals surface area contributed by atoms with Crippen LogP contribution in [0.15, 0.2) is 46.9 Å². The van der Waals surface area contributed by atoms with Crippen molar-refractivity contribution in [3.63, 3.8) is 0 Å². The second-order valence-electron chi connectivity index (χ2n) is 6.88. The van der Waals surface area contributed by atoms with Gasteiger partial charge in [0.25, 0.3) is 11.9 Å². The van der Waals surface area contributed by atoms with Crippen LogP contribution in [0.3, 0.4) is 0 Å². The number of ether oxygens (including phenoxy) is 1. The minimum atomic E-state index is -1.32. The number of para-hydroxylation sites is 1. The van der Waals surface area contributed by atoms with E-state index >= 15 is 0 Å². The summed E-state index contributed by atoms with van der Waals surface area (Å²) in [5, 5.41) is 15.1. The molecule has 0 aromatic heterocycles. The third-order valence-electron chi connectivity index (χ3n) is 5.65. The predicted molar refractivity (Wildman–Crippen MR) is 104 cm³/mol. The van der Waals surface area contributed by atoms with Crippen LogP contribution >= 0.6 is 15.9 Å². The van der Waals surface area contributed by atoms with Gasteiger partial charge in [-0.2, -0.15) is 0 Å². The summed E-state index contributed by atoms with van der Waals surface area (Å²) in [6.45, 7) is 0.395. The highest BCUT2D eigenvalue weighted by Crippen LogP contribution is 2.52. The maximum atomic E-state index is 13.0. The lowest BCUT2D eigenvalue weighted by atomic mass is 9.79. The molecule has 0 bridgehead atoms.